The number of aliphatic hydroxyl groups is 1. The van der Waals surface area contributed by atoms with E-state index in [1.807, 2.05) is 0 Å². The van der Waals surface area contributed by atoms with Gasteiger partial charge in [-0.25, -0.2) is 0 Å². The van der Waals surface area contributed by atoms with Crippen molar-refractivity contribution in [1.82, 2.24) is 4.90 Å². The van der Waals surface area contributed by atoms with Gasteiger partial charge in [0.1, 0.15) is 0 Å². The third-order valence-corrected chi connectivity index (χ3v) is 4.14. The van der Waals surface area contributed by atoms with Crippen LogP contribution in [0.4, 0.5) is 5.69 Å². The first-order valence-corrected chi connectivity index (χ1v) is 7.08. The Bertz CT molecular complexity index is 559. The fourth-order valence-electron chi connectivity index (χ4n) is 2.82. The van der Waals surface area contributed by atoms with E-state index in [1.54, 1.807) is 24.9 Å². The van der Waals surface area contributed by atoms with Crippen molar-refractivity contribution in [2.45, 2.75) is 32.3 Å². The summed E-state index contributed by atoms with van der Waals surface area (Å²) in [6.45, 7) is 2.23. The standard InChI is InChI=1S/C15H20N2O4/c1-10-6-7-12(17(20)21)8-13(10)15(19)16(2)9-11-4-3-5-14(11)18/h6-8,11,14,18H,3-5,9H2,1-2H3. The van der Waals surface area contributed by atoms with Crippen LogP contribution in [0.3, 0.4) is 0 Å². The number of rotatable bonds is 4. The topological polar surface area (TPSA) is 83.7 Å². The number of hydrogen-bond donors (Lipinski definition) is 1. The molecule has 1 amide bonds. The van der Waals surface area contributed by atoms with Gasteiger partial charge in [0, 0.05) is 37.2 Å². The zero-order chi connectivity index (χ0) is 15.6. The van der Waals surface area contributed by atoms with Crippen LogP contribution in [0, 0.1) is 23.0 Å². The van der Waals surface area contributed by atoms with E-state index in [0.717, 1.165) is 19.3 Å². The summed E-state index contributed by atoms with van der Waals surface area (Å²) in [4.78, 5) is 24.3. The smallest absolute Gasteiger partial charge is 0.270 e. The van der Waals surface area contributed by atoms with Crippen molar-refractivity contribution in [3.05, 3.63) is 39.4 Å². The number of nitro benzene ring substituents is 1. The first kappa shape index (κ1) is 15.4. The fourth-order valence-corrected chi connectivity index (χ4v) is 2.82. The molecular weight excluding hydrogens is 272 g/mol. The molecule has 0 aromatic heterocycles. The van der Waals surface area contributed by atoms with Crippen molar-refractivity contribution in [2.75, 3.05) is 13.6 Å². The molecule has 6 nitrogen and oxygen atoms in total. The number of benzene rings is 1. The number of carbonyl (C=O) groups excluding carboxylic acids is 1. The Morgan fingerprint density at radius 1 is 1.48 bits per heavy atom. The second kappa shape index (κ2) is 6.22. The zero-order valence-corrected chi connectivity index (χ0v) is 12.3. The maximum atomic E-state index is 12.5. The molecule has 0 heterocycles. The predicted octanol–water partition coefficient (Wildman–Crippen LogP) is 2.14. The van der Waals surface area contributed by atoms with Crippen molar-refractivity contribution in [3.63, 3.8) is 0 Å². The van der Waals surface area contributed by atoms with Crippen LogP contribution < -0.4 is 0 Å². The molecule has 0 spiro atoms. The molecular formula is C15H20N2O4. The lowest BCUT2D eigenvalue weighted by atomic mass is 10.0. The van der Waals surface area contributed by atoms with Crippen molar-refractivity contribution < 1.29 is 14.8 Å². The molecule has 1 saturated carbocycles. The molecule has 21 heavy (non-hydrogen) atoms. The van der Waals surface area contributed by atoms with Crippen molar-refractivity contribution in [1.29, 1.82) is 0 Å². The summed E-state index contributed by atoms with van der Waals surface area (Å²) in [5, 5.41) is 20.7. The first-order valence-electron chi connectivity index (χ1n) is 7.08. The Morgan fingerprint density at radius 2 is 2.19 bits per heavy atom. The number of aliphatic hydroxyl groups excluding tert-OH is 1. The zero-order valence-electron chi connectivity index (χ0n) is 12.3. The lowest BCUT2D eigenvalue weighted by Gasteiger charge is -2.23. The van der Waals surface area contributed by atoms with E-state index in [-0.39, 0.29) is 23.6 Å². The highest BCUT2D eigenvalue weighted by Gasteiger charge is 2.28. The normalized spacial score (nSPS) is 21.3. The first-order chi connectivity index (χ1) is 9.90. The van der Waals surface area contributed by atoms with Crippen LogP contribution in [-0.4, -0.2) is 40.5 Å². The summed E-state index contributed by atoms with van der Waals surface area (Å²) in [7, 11) is 1.67. The minimum Gasteiger partial charge on any atom is -0.393 e. The minimum absolute atomic E-state index is 0.0850. The van der Waals surface area contributed by atoms with Gasteiger partial charge in [-0.1, -0.05) is 12.5 Å². The van der Waals surface area contributed by atoms with Crippen LogP contribution in [0.5, 0.6) is 0 Å². The van der Waals surface area contributed by atoms with Gasteiger partial charge in [-0.05, 0) is 25.3 Å². The van der Waals surface area contributed by atoms with Gasteiger partial charge in [-0.3, -0.25) is 14.9 Å². The molecule has 1 aromatic carbocycles. The van der Waals surface area contributed by atoms with Crippen molar-refractivity contribution in [3.8, 4) is 0 Å². The molecule has 0 radical (unpaired) electrons. The van der Waals surface area contributed by atoms with Gasteiger partial charge in [-0.2, -0.15) is 0 Å². The predicted molar refractivity (Wildman–Crippen MR) is 78.1 cm³/mol. The Kier molecular flexibility index (Phi) is 4.57. The summed E-state index contributed by atoms with van der Waals surface area (Å²) in [5.41, 5.74) is 0.974. The Balaban J connectivity index is 2.15. The number of nitrogens with zero attached hydrogens (tertiary/aromatic N) is 2. The summed E-state index contributed by atoms with van der Waals surface area (Å²) in [6.07, 6.45) is 2.31. The lowest BCUT2D eigenvalue weighted by molar-refractivity contribution is -0.384. The van der Waals surface area contributed by atoms with Crippen LogP contribution >= 0.6 is 0 Å². The molecule has 114 valence electrons. The molecule has 0 aliphatic heterocycles. The van der Waals surface area contributed by atoms with Crippen LogP contribution in [-0.2, 0) is 0 Å². The van der Waals surface area contributed by atoms with Gasteiger partial charge >= 0.3 is 0 Å². The Hall–Kier alpha value is -1.95. The lowest BCUT2D eigenvalue weighted by Crippen LogP contribution is -2.34. The van der Waals surface area contributed by atoms with E-state index in [9.17, 15) is 20.0 Å². The highest BCUT2D eigenvalue weighted by atomic mass is 16.6. The van der Waals surface area contributed by atoms with Crippen LogP contribution in [0.25, 0.3) is 0 Å². The van der Waals surface area contributed by atoms with E-state index >= 15 is 0 Å². The van der Waals surface area contributed by atoms with Gasteiger partial charge in [0.2, 0.25) is 0 Å². The largest absolute Gasteiger partial charge is 0.393 e. The average molecular weight is 292 g/mol. The van der Waals surface area contributed by atoms with Gasteiger partial charge in [0.15, 0.2) is 0 Å². The number of amides is 1. The Morgan fingerprint density at radius 3 is 2.76 bits per heavy atom. The molecule has 0 bridgehead atoms. The third kappa shape index (κ3) is 3.39. The number of carbonyl (C=O) groups is 1. The second-order valence-electron chi connectivity index (χ2n) is 5.70. The van der Waals surface area contributed by atoms with Crippen LogP contribution in [0.15, 0.2) is 18.2 Å². The molecule has 1 aromatic rings. The molecule has 1 aliphatic rings. The van der Waals surface area contributed by atoms with Gasteiger partial charge in [0.05, 0.1) is 11.0 Å². The monoisotopic (exact) mass is 292 g/mol. The van der Waals surface area contributed by atoms with Crippen molar-refractivity contribution in [2.24, 2.45) is 5.92 Å². The van der Waals surface area contributed by atoms with E-state index in [2.05, 4.69) is 0 Å². The van der Waals surface area contributed by atoms with E-state index in [4.69, 9.17) is 0 Å². The summed E-state index contributed by atoms with van der Waals surface area (Å²) in [5.74, 6) is -0.145. The highest BCUT2D eigenvalue weighted by Crippen LogP contribution is 2.27. The molecule has 0 saturated heterocycles. The SMILES string of the molecule is Cc1ccc([N+](=O)[O-])cc1C(=O)N(C)CC1CCCC1O. The summed E-state index contributed by atoms with van der Waals surface area (Å²) < 4.78 is 0. The Labute approximate surface area is 123 Å². The molecule has 1 aliphatic carbocycles. The molecule has 2 rings (SSSR count). The van der Waals surface area contributed by atoms with Crippen LogP contribution in [0.2, 0.25) is 0 Å². The molecule has 2 unspecified atom stereocenters. The maximum Gasteiger partial charge on any atom is 0.270 e. The molecule has 1 fully saturated rings. The minimum atomic E-state index is -0.503. The summed E-state index contributed by atoms with van der Waals surface area (Å²) in [6, 6.07) is 4.30. The molecule has 2 atom stereocenters. The maximum absolute atomic E-state index is 12.5. The highest BCUT2D eigenvalue weighted by molar-refractivity contribution is 5.96. The molecule has 6 heteroatoms. The van der Waals surface area contributed by atoms with Gasteiger partial charge in [0.25, 0.3) is 11.6 Å². The fraction of sp³-hybridized carbons (Fsp3) is 0.533. The van der Waals surface area contributed by atoms with Gasteiger partial charge in [-0.15, -0.1) is 0 Å². The van der Waals surface area contributed by atoms with E-state index in [1.165, 1.54) is 12.1 Å². The number of nitro groups is 1. The third-order valence-electron chi connectivity index (χ3n) is 4.14. The second-order valence-corrected chi connectivity index (χ2v) is 5.70. The van der Waals surface area contributed by atoms with E-state index < -0.39 is 4.92 Å². The van der Waals surface area contributed by atoms with Crippen LogP contribution in [0.1, 0.15) is 35.2 Å². The van der Waals surface area contributed by atoms with Gasteiger partial charge < -0.3 is 10.0 Å². The number of hydrogen-bond acceptors (Lipinski definition) is 4. The number of aryl methyl sites for hydroxylation is 1. The average Bonchev–Trinajstić information content (AvgIpc) is 2.83. The quantitative estimate of drug-likeness (QED) is 0.680. The molecule has 1 N–H and O–H groups in total. The van der Waals surface area contributed by atoms with Crippen molar-refractivity contribution >= 4 is 11.6 Å². The summed E-state index contributed by atoms with van der Waals surface area (Å²) >= 11 is 0. The van der Waals surface area contributed by atoms with E-state index in [0.29, 0.717) is 17.7 Å². The number of non-ortho nitro benzene ring substituents is 1.